The standard InChI is InChI=1S/C22H25N5O/c1-17(15-27-12-5-11-25-27)22(28)24-14-19-8-4-10-23-21(19)26-13-9-18-6-2-3-7-20(18)16-26/h2-8,10-12,17H,9,13-16H2,1H3,(H,24,28)/t17-/m0/s1. The molecular weight excluding hydrogens is 350 g/mol. The number of carbonyl (C=O) groups is 1. The highest BCUT2D eigenvalue weighted by Gasteiger charge is 2.20. The number of hydrogen-bond acceptors (Lipinski definition) is 4. The highest BCUT2D eigenvalue weighted by molar-refractivity contribution is 5.78. The Bertz CT molecular complexity index is 938. The minimum absolute atomic E-state index is 0.0225. The average molecular weight is 375 g/mol. The Morgan fingerprint density at radius 2 is 2.00 bits per heavy atom. The Morgan fingerprint density at radius 3 is 2.82 bits per heavy atom. The fourth-order valence-corrected chi connectivity index (χ4v) is 3.66. The van der Waals surface area contributed by atoms with Crippen LogP contribution in [-0.4, -0.2) is 27.2 Å². The van der Waals surface area contributed by atoms with Crippen molar-refractivity contribution in [2.24, 2.45) is 5.92 Å². The number of rotatable bonds is 6. The van der Waals surface area contributed by atoms with Gasteiger partial charge >= 0.3 is 0 Å². The first kappa shape index (κ1) is 18.2. The van der Waals surface area contributed by atoms with E-state index >= 15 is 0 Å². The zero-order valence-corrected chi connectivity index (χ0v) is 16.1. The molecule has 1 atom stereocenters. The van der Waals surface area contributed by atoms with Crippen LogP contribution in [0.25, 0.3) is 0 Å². The summed E-state index contributed by atoms with van der Waals surface area (Å²) in [6.07, 6.45) is 6.43. The van der Waals surface area contributed by atoms with Crippen LogP contribution in [0.3, 0.4) is 0 Å². The molecule has 0 radical (unpaired) electrons. The van der Waals surface area contributed by atoms with Gasteiger partial charge in [-0.2, -0.15) is 5.10 Å². The highest BCUT2D eigenvalue weighted by Crippen LogP contribution is 2.25. The Balaban J connectivity index is 1.41. The molecule has 0 saturated heterocycles. The minimum atomic E-state index is -0.151. The zero-order chi connectivity index (χ0) is 19.3. The molecule has 4 rings (SSSR count). The molecule has 0 spiro atoms. The second-order valence-corrected chi connectivity index (χ2v) is 7.27. The number of carbonyl (C=O) groups excluding carboxylic acids is 1. The van der Waals surface area contributed by atoms with E-state index in [2.05, 4.69) is 44.6 Å². The number of aromatic nitrogens is 3. The maximum atomic E-state index is 12.5. The van der Waals surface area contributed by atoms with Crippen LogP contribution >= 0.6 is 0 Å². The molecule has 6 heteroatoms. The third-order valence-electron chi connectivity index (χ3n) is 5.22. The lowest BCUT2D eigenvalue weighted by Crippen LogP contribution is -2.34. The third kappa shape index (κ3) is 4.06. The molecule has 28 heavy (non-hydrogen) atoms. The maximum absolute atomic E-state index is 12.5. The normalized spacial score (nSPS) is 14.4. The number of nitrogens with zero attached hydrogens (tertiary/aromatic N) is 4. The van der Waals surface area contributed by atoms with Crippen LogP contribution in [0.5, 0.6) is 0 Å². The first-order valence-electron chi connectivity index (χ1n) is 9.71. The number of anilines is 1. The first-order chi connectivity index (χ1) is 13.7. The molecule has 2 aromatic heterocycles. The lowest BCUT2D eigenvalue weighted by Gasteiger charge is -2.31. The second-order valence-electron chi connectivity index (χ2n) is 7.27. The van der Waals surface area contributed by atoms with Crippen molar-refractivity contribution < 1.29 is 4.79 Å². The first-order valence-corrected chi connectivity index (χ1v) is 9.71. The Labute approximate surface area is 165 Å². The predicted molar refractivity (Wildman–Crippen MR) is 109 cm³/mol. The van der Waals surface area contributed by atoms with Crippen molar-refractivity contribution >= 4 is 11.7 Å². The summed E-state index contributed by atoms with van der Waals surface area (Å²) in [4.78, 5) is 19.4. The quantitative estimate of drug-likeness (QED) is 0.720. The Hall–Kier alpha value is -3.15. The van der Waals surface area contributed by atoms with Gasteiger partial charge in [-0.1, -0.05) is 37.3 Å². The lowest BCUT2D eigenvalue weighted by atomic mass is 9.99. The summed E-state index contributed by atoms with van der Waals surface area (Å²) < 4.78 is 1.78. The van der Waals surface area contributed by atoms with E-state index in [1.807, 2.05) is 37.5 Å². The summed E-state index contributed by atoms with van der Waals surface area (Å²) in [7, 11) is 0. The van der Waals surface area contributed by atoms with E-state index in [1.165, 1.54) is 11.1 Å². The second kappa shape index (κ2) is 8.25. The lowest BCUT2D eigenvalue weighted by molar-refractivity contribution is -0.125. The summed E-state index contributed by atoms with van der Waals surface area (Å²) in [6, 6.07) is 14.4. The van der Waals surface area contributed by atoms with Gasteiger partial charge in [0.15, 0.2) is 0 Å². The van der Waals surface area contributed by atoms with Crippen LogP contribution < -0.4 is 10.2 Å². The number of amides is 1. The monoisotopic (exact) mass is 375 g/mol. The summed E-state index contributed by atoms with van der Waals surface area (Å²) in [5, 5.41) is 7.23. The van der Waals surface area contributed by atoms with E-state index < -0.39 is 0 Å². The van der Waals surface area contributed by atoms with Gasteiger partial charge in [-0.15, -0.1) is 0 Å². The number of pyridine rings is 1. The summed E-state index contributed by atoms with van der Waals surface area (Å²) in [6.45, 7) is 4.75. The molecule has 0 aliphatic carbocycles. The molecule has 144 valence electrons. The zero-order valence-electron chi connectivity index (χ0n) is 16.1. The Morgan fingerprint density at radius 1 is 1.14 bits per heavy atom. The summed E-state index contributed by atoms with van der Waals surface area (Å²) in [5.74, 6) is 0.827. The van der Waals surface area contributed by atoms with Crippen LogP contribution in [0.4, 0.5) is 5.82 Å². The van der Waals surface area contributed by atoms with Gasteiger partial charge in [0.1, 0.15) is 5.82 Å². The van der Waals surface area contributed by atoms with Gasteiger partial charge in [-0.05, 0) is 29.7 Å². The van der Waals surface area contributed by atoms with E-state index in [0.29, 0.717) is 13.1 Å². The number of fused-ring (bicyclic) bond motifs is 1. The topological polar surface area (TPSA) is 63.1 Å². The van der Waals surface area contributed by atoms with Gasteiger partial charge in [0.25, 0.3) is 0 Å². The molecule has 1 N–H and O–H groups in total. The van der Waals surface area contributed by atoms with Crippen molar-refractivity contribution in [3.63, 3.8) is 0 Å². The number of hydrogen-bond donors (Lipinski definition) is 1. The molecule has 0 bridgehead atoms. The summed E-state index contributed by atoms with van der Waals surface area (Å²) in [5.41, 5.74) is 3.81. The van der Waals surface area contributed by atoms with Gasteiger partial charge in [-0.3, -0.25) is 9.48 Å². The summed E-state index contributed by atoms with van der Waals surface area (Å²) >= 11 is 0. The van der Waals surface area contributed by atoms with Gasteiger partial charge in [0, 0.05) is 43.8 Å². The van der Waals surface area contributed by atoms with Crippen molar-refractivity contribution in [2.75, 3.05) is 11.4 Å². The van der Waals surface area contributed by atoms with Crippen LogP contribution in [0.1, 0.15) is 23.6 Å². The van der Waals surface area contributed by atoms with E-state index in [-0.39, 0.29) is 11.8 Å². The molecule has 1 amide bonds. The van der Waals surface area contributed by atoms with Gasteiger partial charge in [0.2, 0.25) is 5.91 Å². The van der Waals surface area contributed by atoms with Crippen molar-refractivity contribution in [2.45, 2.75) is 33.0 Å². The molecule has 1 aliphatic rings. The van der Waals surface area contributed by atoms with Crippen molar-refractivity contribution in [3.8, 4) is 0 Å². The largest absolute Gasteiger partial charge is 0.352 e. The predicted octanol–water partition coefficient (Wildman–Crippen LogP) is 2.79. The Kier molecular flexibility index (Phi) is 5.37. The minimum Gasteiger partial charge on any atom is -0.352 e. The maximum Gasteiger partial charge on any atom is 0.224 e. The molecule has 0 fully saturated rings. The molecule has 3 heterocycles. The molecule has 0 unspecified atom stereocenters. The van der Waals surface area contributed by atoms with Crippen LogP contribution in [0.15, 0.2) is 61.1 Å². The SMILES string of the molecule is C[C@@H](Cn1cccn1)C(=O)NCc1cccnc1N1CCc2ccccc2C1. The van der Waals surface area contributed by atoms with E-state index in [0.717, 1.165) is 30.9 Å². The molecule has 3 aromatic rings. The van der Waals surface area contributed by atoms with Gasteiger partial charge < -0.3 is 10.2 Å². The molecule has 1 aromatic carbocycles. The average Bonchev–Trinajstić information content (AvgIpc) is 3.25. The molecule has 0 saturated carbocycles. The van der Waals surface area contributed by atoms with Crippen molar-refractivity contribution in [1.82, 2.24) is 20.1 Å². The molecule has 6 nitrogen and oxygen atoms in total. The molecule has 1 aliphatic heterocycles. The number of nitrogens with one attached hydrogen (secondary N) is 1. The van der Waals surface area contributed by atoms with Crippen LogP contribution in [-0.2, 0) is 30.8 Å². The fourth-order valence-electron chi connectivity index (χ4n) is 3.66. The van der Waals surface area contributed by atoms with E-state index in [4.69, 9.17) is 0 Å². The number of benzene rings is 1. The van der Waals surface area contributed by atoms with Crippen LogP contribution in [0.2, 0.25) is 0 Å². The smallest absolute Gasteiger partial charge is 0.224 e. The van der Waals surface area contributed by atoms with Crippen molar-refractivity contribution in [1.29, 1.82) is 0 Å². The van der Waals surface area contributed by atoms with E-state index in [1.54, 1.807) is 10.9 Å². The van der Waals surface area contributed by atoms with E-state index in [9.17, 15) is 4.79 Å². The van der Waals surface area contributed by atoms with Gasteiger partial charge in [0.05, 0.1) is 12.5 Å². The van der Waals surface area contributed by atoms with Crippen molar-refractivity contribution in [3.05, 3.63) is 77.7 Å². The molecular formula is C22H25N5O. The fraction of sp³-hybridized carbons (Fsp3) is 0.318. The third-order valence-corrected chi connectivity index (χ3v) is 5.22. The van der Waals surface area contributed by atoms with Crippen LogP contribution in [0, 0.1) is 5.92 Å². The van der Waals surface area contributed by atoms with Gasteiger partial charge in [-0.25, -0.2) is 4.98 Å². The highest BCUT2D eigenvalue weighted by atomic mass is 16.1.